The third kappa shape index (κ3) is 8.95. The zero-order valence-electron chi connectivity index (χ0n) is 25.0. The summed E-state index contributed by atoms with van der Waals surface area (Å²) in [5.74, 6) is -1.06. The predicted octanol–water partition coefficient (Wildman–Crippen LogP) is 8.49. The van der Waals surface area contributed by atoms with Crippen LogP contribution in [0.25, 0.3) is 0 Å². The minimum atomic E-state index is -0.580. The van der Waals surface area contributed by atoms with E-state index in [4.69, 9.17) is 16.6 Å². The molecule has 0 radical (unpaired) electrons. The molecule has 6 heteroatoms. The normalized spacial score (nSPS) is 12.2. The monoisotopic (exact) mass is 590 g/mol. The van der Waals surface area contributed by atoms with Crippen molar-refractivity contribution in [3.8, 4) is 11.5 Å². The fourth-order valence-electron chi connectivity index (χ4n) is 4.07. The van der Waals surface area contributed by atoms with Crippen molar-refractivity contribution in [1.82, 2.24) is 0 Å². The Morgan fingerprint density at radius 2 is 1.13 bits per heavy atom. The molecule has 3 aromatic carbocycles. The SMILES string of the molecule is CC(C)(C)c1cc(C(C)(C)C)c(Cl)c([O-])c1[O-].CC(C=Nc1c(C)cccc1C)=Nc1c(C)cccc1C.[Ni+2]. The van der Waals surface area contributed by atoms with Gasteiger partial charge in [0, 0.05) is 11.2 Å². The van der Waals surface area contributed by atoms with Crippen LogP contribution in [0.3, 0.4) is 0 Å². The van der Waals surface area contributed by atoms with Crippen LogP contribution in [0.2, 0.25) is 5.02 Å². The molecule has 0 fully saturated rings. The van der Waals surface area contributed by atoms with Crippen molar-refractivity contribution in [2.24, 2.45) is 9.98 Å². The Morgan fingerprint density at radius 3 is 1.54 bits per heavy atom. The summed E-state index contributed by atoms with van der Waals surface area (Å²) in [7, 11) is 0. The van der Waals surface area contributed by atoms with E-state index in [0.717, 1.165) is 22.6 Å². The van der Waals surface area contributed by atoms with Crippen molar-refractivity contribution >= 4 is 34.9 Å². The van der Waals surface area contributed by atoms with Crippen LogP contribution >= 0.6 is 11.6 Å². The zero-order valence-corrected chi connectivity index (χ0v) is 26.8. The molecule has 4 nitrogen and oxygen atoms in total. The molecule has 39 heavy (non-hydrogen) atoms. The molecule has 0 heterocycles. The van der Waals surface area contributed by atoms with Crippen molar-refractivity contribution in [2.45, 2.75) is 87.0 Å². The van der Waals surface area contributed by atoms with Gasteiger partial charge in [0.25, 0.3) is 0 Å². The van der Waals surface area contributed by atoms with Crippen molar-refractivity contribution in [1.29, 1.82) is 0 Å². The van der Waals surface area contributed by atoms with Gasteiger partial charge in [-0.15, -0.1) is 5.75 Å². The molecule has 0 spiro atoms. The smallest absolute Gasteiger partial charge is 0.873 e. The Bertz CT molecular complexity index is 1280. The average molecular weight is 592 g/mol. The summed E-state index contributed by atoms with van der Waals surface area (Å²) in [6, 6.07) is 14.2. The first-order chi connectivity index (χ1) is 17.4. The molecule has 0 atom stereocenters. The van der Waals surface area contributed by atoms with Crippen LogP contribution in [-0.4, -0.2) is 11.9 Å². The molecule has 0 bridgehead atoms. The van der Waals surface area contributed by atoms with Gasteiger partial charge >= 0.3 is 16.5 Å². The maximum Gasteiger partial charge on any atom is 2.00 e. The topological polar surface area (TPSA) is 70.8 Å². The average Bonchev–Trinajstić information content (AvgIpc) is 2.78. The fraction of sp³-hybridized carbons (Fsp3) is 0.394. The maximum atomic E-state index is 11.9. The molecule has 0 aliphatic rings. The summed E-state index contributed by atoms with van der Waals surface area (Å²) in [4.78, 5) is 9.30. The minimum Gasteiger partial charge on any atom is -0.873 e. The Balaban J connectivity index is 0.000000389. The standard InChI is InChI=1S/C19H22N2.C14H21ClO2.Ni/c1-13-8-6-9-14(2)18(13)20-12-17(5)21-19-15(3)10-7-11-16(19)4;1-13(2,3)8-7-9(14(4,5)6)11(16)12(17)10(8)15;/h6-12H,1-5H3;7,16-17H,1-6H3;/q;;+2/p-2. The quantitative estimate of drug-likeness (QED) is 0.226. The predicted molar refractivity (Wildman–Crippen MR) is 160 cm³/mol. The van der Waals surface area contributed by atoms with Crippen LogP contribution < -0.4 is 10.2 Å². The third-order valence-corrected chi connectivity index (χ3v) is 6.71. The molecule has 0 aliphatic carbocycles. The van der Waals surface area contributed by atoms with Gasteiger partial charge in [-0.1, -0.05) is 107 Å². The van der Waals surface area contributed by atoms with Crippen LogP contribution in [0, 0.1) is 27.7 Å². The number of rotatable bonds is 3. The first-order valence-corrected chi connectivity index (χ1v) is 13.3. The largest absolute Gasteiger partial charge is 2.00 e. The van der Waals surface area contributed by atoms with Crippen molar-refractivity contribution in [3.05, 3.63) is 80.9 Å². The van der Waals surface area contributed by atoms with Gasteiger partial charge in [-0.25, -0.2) is 0 Å². The van der Waals surface area contributed by atoms with Crippen molar-refractivity contribution in [3.63, 3.8) is 0 Å². The second-order valence-electron chi connectivity index (χ2n) is 11.9. The van der Waals surface area contributed by atoms with E-state index in [2.05, 4.69) is 69.1 Å². The van der Waals surface area contributed by atoms with E-state index < -0.39 is 11.5 Å². The number of para-hydroxylation sites is 2. The van der Waals surface area contributed by atoms with Crippen molar-refractivity contribution < 1.29 is 26.7 Å². The molecule has 0 saturated heterocycles. The van der Waals surface area contributed by atoms with Gasteiger partial charge in [-0.2, -0.15) is 0 Å². The van der Waals surface area contributed by atoms with E-state index in [9.17, 15) is 10.2 Å². The van der Waals surface area contributed by atoms with Crippen LogP contribution in [0.15, 0.2) is 52.4 Å². The molecule has 0 aliphatic heterocycles. The van der Waals surface area contributed by atoms with E-state index in [1.807, 2.05) is 54.7 Å². The first-order valence-electron chi connectivity index (χ1n) is 12.9. The molecule has 212 valence electrons. The second kappa shape index (κ2) is 13.6. The molecular formula is C33H41ClN2NiO2. The summed E-state index contributed by atoms with van der Waals surface area (Å²) in [5, 5.41) is 23.8. The van der Waals surface area contributed by atoms with E-state index in [1.165, 1.54) is 22.3 Å². The summed E-state index contributed by atoms with van der Waals surface area (Å²) in [6.07, 6.45) is 1.85. The van der Waals surface area contributed by atoms with Gasteiger partial charge in [-0.05, 0) is 73.3 Å². The second-order valence-corrected chi connectivity index (χ2v) is 12.3. The Morgan fingerprint density at radius 1 is 0.718 bits per heavy atom. The Hall–Kier alpha value is -2.62. The number of halogens is 1. The van der Waals surface area contributed by atoms with Gasteiger partial charge in [0.1, 0.15) is 0 Å². The number of nitrogens with zero attached hydrogens (tertiary/aromatic N) is 2. The molecule has 0 aromatic heterocycles. The summed E-state index contributed by atoms with van der Waals surface area (Å²) in [5.41, 5.74) is 8.43. The van der Waals surface area contributed by atoms with Gasteiger partial charge in [0.15, 0.2) is 0 Å². The molecule has 0 unspecified atom stereocenters. The van der Waals surface area contributed by atoms with Gasteiger partial charge in [0.2, 0.25) is 0 Å². The number of benzene rings is 3. The van der Waals surface area contributed by atoms with E-state index >= 15 is 0 Å². The van der Waals surface area contributed by atoms with E-state index in [1.54, 1.807) is 6.07 Å². The summed E-state index contributed by atoms with van der Waals surface area (Å²) >= 11 is 5.99. The van der Waals surface area contributed by atoms with Crippen LogP contribution in [-0.2, 0) is 27.3 Å². The molecule has 0 amide bonds. The van der Waals surface area contributed by atoms with Crippen LogP contribution in [0.4, 0.5) is 11.4 Å². The number of hydrogen-bond donors (Lipinski definition) is 0. The summed E-state index contributed by atoms with van der Waals surface area (Å²) < 4.78 is 0. The number of aryl methyl sites for hydroxylation is 4. The van der Waals surface area contributed by atoms with Gasteiger partial charge < -0.3 is 10.2 Å². The van der Waals surface area contributed by atoms with Gasteiger partial charge in [-0.3, -0.25) is 9.98 Å². The molecule has 3 rings (SSSR count). The number of aliphatic imine (C=N–C) groups is 2. The first kappa shape index (κ1) is 34.4. The van der Waals surface area contributed by atoms with Crippen LogP contribution in [0.1, 0.15) is 81.8 Å². The Kier molecular flexibility index (Phi) is 12.0. The summed E-state index contributed by atoms with van der Waals surface area (Å²) in [6.45, 7) is 22.0. The molecule has 0 saturated carbocycles. The molecule has 0 N–H and O–H groups in total. The number of hydrogen-bond acceptors (Lipinski definition) is 4. The maximum absolute atomic E-state index is 11.9. The van der Waals surface area contributed by atoms with Crippen LogP contribution in [0.5, 0.6) is 11.5 Å². The Labute approximate surface area is 250 Å². The molecule has 3 aromatic rings. The van der Waals surface area contributed by atoms with E-state index in [0.29, 0.717) is 5.56 Å². The van der Waals surface area contributed by atoms with Gasteiger partial charge in [0.05, 0.1) is 17.1 Å². The molecular weight excluding hydrogens is 551 g/mol. The van der Waals surface area contributed by atoms with Crippen molar-refractivity contribution in [2.75, 3.05) is 0 Å². The minimum absolute atomic E-state index is 0. The fourth-order valence-corrected chi connectivity index (χ4v) is 4.50. The third-order valence-electron chi connectivity index (χ3n) is 6.34. The zero-order chi connectivity index (χ0) is 29.0. The van der Waals surface area contributed by atoms with E-state index in [-0.39, 0.29) is 32.3 Å².